The number of alkyl halides is 3. The molecule has 0 saturated carbocycles. The first kappa shape index (κ1) is 12.8. The third-order valence-corrected chi connectivity index (χ3v) is 2.54. The number of nitrogens with zero attached hydrogens (tertiary/aromatic N) is 1. The SMILES string of the molecule is COC1(C(=O)O)CCN(C(=O)C(F)(F)F)C1. The van der Waals surface area contributed by atoms with Crippen molar-refractivity contribution < 1.29 is 32.6 Å². The van der Waals surface area contributed by atoms with Gasteiger partial charge in [-0.1, -0.05) is 0 Å². The summed E-state index contributed by atoms with van der Waals surface area (Å²) in [5, 5.41) is 8.82. The van der Waals surface area contributed by atoms with E-state index in [1.54, 1.807) is 0 Å². The molecule has 0 bridgehead atoms. The Hall–Kier alpha value is -1.31. The molecule has 5 nitrogen and oxygen atoms in total. The topological polar surface area (TPSA) is 66.8 Å². The van der Waals surface area contributed by atoms with Crippen LogP contribution in [0.4, 0.5) is 13.2 Å². The molecule has 1 N–H and O–H groups in total. The molecule has 1 aliphatic heterocycles. The van der Waals surface area contributed by atoms with Gasteiger partial charge in [-0.3, -0.25) is 4.79 Å². The molecule has 1 unspecified atom stereocenters. The molecule has 1 amide bonds. The lowest BCUT2D eigenvalue weighted by molar-refractivity contribution is -0.186. The molecule has 0 aromatic heterocycles. The largest absolute Gasteiger partial charge is 0.479 e. The van der Waals surface area contributed by atoms with Gasteiger partial charge in [-0.05, 0) is 0 Å². The van der Waals surface area contributed by atoms with Crippen LogP contribution in [0.3, 0.4) is 0 Å². The summed E-state index contributed by atoms with van der Waals surface area (Å²) >= 11 is 0. The van der Waals surface area contributed by atoms with Crippen LogP contribution in [0, 0.1) is 0 Å². The number of likely N-dealkylation sites (tertiary alicyclic amines) is 1. The fraction of sp³-hybridized carbons (Fsp3) is 0.750. The lowest BCUT2D eigenvalue weighted by Gasteiger charge is -2.23. The minimum Gasteiger partial charge on any atom is -0.479 e. The summed E-state index contributed by atoms with van der Waals surface area (Å²) in [5.41, 5.74) is -1.72. The second kappa shape index (κ2) is 3.93. The Labute approximate surface area is 88.8 Å². The molecule has 8 heteroatoms. The van der Waals surface area contributed by atoms with Gasteiger partial charge in [0.2, 0.25) is 0 Å². The third-order valence-electron chi connectivity index (χ3n) is 2.54. The van der Waals surface area contributed by atoms with Gasteiger partial charge in [-0.25, -0.2) is 4.79 Å². The van der Waals surface area contributed by atoms with E-state index in [9.17, 15) is 22.8 Å². The molecule has 16 heavy (non-hydrogen) atoms. The summed E-state index contributed by atoms with van der Waals surface area (Å²) in [7, 11) is 1.09. The molecule has 0 aromatic rings. The highest BCUT2D eigenvalue weighted by Gasteiger charge is 2.52. The van der Waals surface area contributed by atoms with Gasteiger partial charge in [0.25, 0.3) is 0 Å². The zero-order valence-corrected chi connectivity index (χ0v) is 8.37. The quantitative estimate of drug-likeness (QED) is 0.752. The van der Waals surface area contributed by atoms with Gasteiger partial charge in [-0.15, -0.1) is 0 Å². The molecular formula is C8H10F3NO4. The molecule has 1 saturated heterocycles. The monoisotopic (exact) mass is 241 g/mol. The molecule has 1 aliphatic rings. The summed E-state index contributed by atoms with van der Waals surface area (Å²) in [6, 6.07) is 0. The maximum Gasteiger partial charge on any atom is 0.471 e. The smallest absolute Gasteiger partial charge is 0.471 e. The molecule has 0 aliphatic carbocycles. The van der Waals surface area contributed by atoms with Crippen molar-refractivity contribution in [1.82, 2.24) is 4.90 Å². The van der Waals surface area contributed by atoms with Crippen molar-refractivity contribution in [2.24, 2.45) is 0 Å². The first-order valence-corrected chi connectivity index (χ1v) is 4.37. The second-order valence-electron chi connectivity index (χ2n) is 3.48. The lowest BCUT2D eigenvalue weighted by Crippen LogP contribution is -2.46. The van der Waals surface area contributed by atoms with Gasteiger partial charge in [-0.2, -0.15) is 13.2 Å². The number of carboxylic acids is 1. The van der Waals surface area contributed by atoms with Crippen molar-refractivity contribution in [2.75, 3.05) is 20.2 Å². The zero-order valence-electron chi connectivity index (χ0n) is 8.37. The number of halogens is 3. The predicted octanol–water partition coefficient (Wildman–Crippen LogP) is 0.251. The van der Waals surface area contributed by atoms with Crippen molar-refractivity contribution in [2.45, 2.75) is 18.2 Å². The summed E-state index contributed by atoms with van der Waals surface area (Å²) in [5.74, 6) is -3.40. The van der Waals surface area contributed by atoms with Crippen LogP contribution in [0.5, 0.6) is 0 Å². The maximum absolute atomic E-state index is 12.1. The highest BCUT2D eigenvalue weighted by Crippen LogP contribution is 2.29. The van der Waals surface area contributed by atoms with Crippen LogP contribution in [-0.4, -0.2) is 53.9 Å². The number of methoxy groups -OCH3 is 1. The van der Waals surface area contributed by atoms with E-state index in [2.05, 4.69) is 0 Å². The number of carbonyl (C=O) groups excluding carboxylic acids is 1. The maximum atomic E-state index is 12.1. The zero-order chi connectivity index (χ0) is 12.6. The average Bonchev–Trinajstić information content (AvgIpc) is 2.60. The first-order chi connectivity index (χ1) is 7.23. The fourth-order valence-electron chi connectivity index (χ4n) is 1.56. The summed E-state index contributed by atoms with van der Waals surface area (Å²) < 4.78 is 40.9. The Balaban J connectivity index is 2.79. The van der Waals surface area contributed by atoms with E-state index in [-0.39, 0.29) is 13.0 Å². The van der Waals surface area contributed by atoms with Gasteiger partial charge in [0.05, 0.1) is 6.54 Å². The number of ether oxygens (including phenoxy) is 1. The molecule has 92 valence electrons. The third kappa shape index (κ3) is 2.11. The van der Waals surface area contributed by atoms with Crippen LogP contribution in [0.1, 0.15) is 6.42 Å². The summed E-state index contributed by atoms with van der Waals surface area (Å²) in [4.78, 5) is 22.1. The molecule has 0 radical (unpaired) electrons. The van der Waals surface area contributed by atoms with E-state index < -0.39 is 30.2 Å². The van der Waals surface area contributed by atoms with Gasteiger partial charge in [0, 0.05) is 20.1 Å². The minimum absolute atomic E-state index is 0.152. The highest BCUT2D eigenvalue weighted by molar-refractivity contribution is 5.85. The number of hydrogen-bond donors (Lipinski definition) is 1. The second-order valence-corrected chi connectivity index (χ2v) is 3.48. The molecule has 1 heterocycles. The van der Waals surface area contributed by atoms with E-state index in [0.29, 0.717) is 4.90 Å². The van der Waals surface area contributed by atoms with E-state index in [1.807, 2.05) is 0 Å². The molecule has 0 aromatic carbocycles. The highest BCUT2D eigenvalue weighted by atomic mass is 19.4. The van der Waals surface area contributed by atoms with Crippen molar-refractivity contribution in [3.05, 3.63) is 0 Å². The molecular weight excluding hydrogens is 231 g/mol. The summed E-state index contributed by atoms with van der Waals surface area (Å²) in [6.07, 6.45) is -5.14. The lowest BCUT2D eigenvalue weighted by atomic mass is 10.0. The van der Waals surface area contributed by atoms with Crippen molar-refractivity contribution in [3.63, 3.8) is 0 Å². The van der Waals surface area contributed by atoms with Crippen LogP contribution >= 0.6 is 0 Å². The van der Waals surface area contributed by atoms with Crippen molar-refractivity contribution in [3.8, 4) is 0 Å². The Bertz CT molecular complexity index is 317. The van der Waals surface area contributed by atoms with E-state index >= 15 is 0 Å². The van der Waals surface area contributed by atoms with Crippen LogP contribution in [0.15, 0.2) is 0 Å². The van der Waals surface area contributed by atoms with Gasteiger partial charge < -0.3 is 14.7 Å². The van der Waals surface area contributed by atoms with Crippen molar-refractivity contribution in [1.29, 1.82) is 0 Å². The fourth-order valence-corrected chi connectivity index (χ4v) is 1.56. The normalized spacial score (nSPS) is 25.9. The molecule has 1 rings (SSSR count). The molecule has 1 fully saturated rings. The van der Waals surface area contributed by atoms with E-state index in [0.717, 1.165) is 7.11 Å². The van der Waals surface area contributed by atoms with Gasteiger partial charge in [0.15, 0.2) is 5.60 Å². The number of rotatable bonds is 2. The summed E-state index contributed by atoms with van der Waals surface area (Å²) in [6.45, 7) is -0.865. The number of amides is 1. The Morgan fingerprint density at radius 2 is 2.00 bits per heavy atom. The first-order valence-electron chi connectivity index (χ1n) is 4.37. The average molecular weight is 241 g/mol. The number of carbonyl (C=O) groups is 2. The number of aliphatic carboxylic acids is 1. The molecule has 0 spiro atoms. The molecule has 1 atom stereocenters. The number of hydrogen-bond acceptors (Lipinski definition) is 3. The Kier molecular flexibility index (Phi) is 3.13. The minimum atomic E-state index is -4.98. The standard InChI is InChI=1S/C8H10F3NO4/c1-16-7(6(14)15)2-3-12(4-7)5(13)8(9,10)11/h2-4H2,1H3,(H,14,15). The Morgan fingerprint density at radius 3 is 2.31 bits per heavy atom. The van der Waals surface area contributed by atoms with E-state index in [4.69, 9.17) is 9.84 Å². The number of carboxylic acid groups (broad SMARTS) is 1. The van der Waals surface area contributed by atoms with Gasteiger partial charge in [0.1, 0.15) is 0 Å². The van der Waals surface area contributed by atoms with Crippen molar-refractivity contribution >= 4 is 11.9 Å². The van der Waals surface area contributed by atoms with Crippen LogP contribution < -0.4 is 0 Å². The van der Waals surface area contributed by atoms with E-state index in [1.165, 1.54) is 0 Å². The Morgan fingerprint density at radius 1 is 1.44 bits per heavy atom. The predicted molar refractivity (Wildman–Crippen MR) is 44.6 cm³/mol. The van der Waals surface area contributed by atoms with Crippen LogP contribution in [0.2, 0.25) is 0 Å². The van der Waals surface area contributed by atoms with Crippen LogP contribution in [0.25, 0.3) is 0 Å². The van der Waals surface area contributed by atoms with Crippen LogP contribution in [-0.2, 0) is 14.3 Å². The van der Waals surface area contributed by atoms with Gasteiger partial charge >= 0.3 is 18.1 Å².